The fourth-order valence-electron chi connectivity index (χ4n) is 5.66. The van der Waals surface area contributed by atoms with Crippen LogP contribution >= 0.6 is 0 Å². The van der Waals surface area contributed by atoms with Crippen molar-refractivity contribution in [1.82, 2.24) is 35.1 Å². The summed E-state index contributed by atoms with van der Waals surface area (Å²) in [5.74, 6) is 4.52. The Kier molecular flexibility index (Phi) is 6.98. The lowest BCUT2D eigenvalue weighted by Gasteiger charge is -2.37. The van der Waals surface area contributed by atoms with Crippen molar-refractivity contribution < 1.29 is 0 Å². The summed E-state index contributed by atoms with van der Waals surface area (Å²) in [6.07, 6.45) is 4.87. The van der Waals surface area contributed by atoms with E-state index in [0.29, 0.717) is 11.7 Å². The van der Waals surface area contributed by atoms with Gasteiger partial charge in [0.2, 0.25) is 5.82 Å². The summed E-state index contributed by atoms with van der Waals surface area (Å²) in [5.41, 5.74) is 5.90. The van der Waals surface area contributed by atoms with Crippen molar-refractivity contribution in [3.63, 3.8) is 0 Å². The molecule has 2 aromatic carbocycles. The number of fused-ring (bicyclic) bond motifs is 1. The van der Waals surface area contributed by atoms with Gasteiger partial charge in [0, 0.05) is 38.2 Å². The SMILES string of the molecule is CCCc1nc2c(n1Cc1ccc(-c3ccccc3-c3nn[nH]n3)cc1)CN(CC1CC1)CN2CC(C)C. The van der Waals surface area contributed by atoms with E-state index < -0.39 is 0 Å². The average molecular weight is 511 g/mol. The highest BCUT2D eigenvalue weighted by Gasteiger charge is 2.32. The predicted molar refractivity (Wildman–Crippen MR) is 151 cm³/mol. The number of hydrogen-bond donors (Lipinski definition) is 1. The zero-order valence-electron chi connectivity index (χ0n) is 22.8. The Balaban J connectivity index is 1.30. The highest BCUT2D eigenvalue weighted by Crippen LogP contribution is 2.35. The summed E-state index contributed by atoms with van der Waals surface area (Å²) in [6.45, 7) is 12.0. The molecule has 1 aliphatic carbocycles. The van der Waals surface area contributed by atoms with Crippen molar-refractivity contribution in [2.45, 2.75) is 59.5 Å². The second-order valence-electron chi connectivity index (χ2n) is 11.3. The van der Waals surface area contributed by atoms with Crippen LogP contribution < -0.4 is 4.90 Å². The maximum atomic E-state index is 5.25. The van der Waals surface area contributed by atoms with E-state index in [-0.39, 0.29) is 0 Å². The summed E-state index contributed by atoms with van der Waals surface area (Å²) in [7, 11) is 0. The number of tetrazole rings is 1. The average Bonchev–Trinajstić information content (AvgIpc) is 3.42. The van der Waals surface area contributed by atoms with Crippen molar-refractivity contribution in [2.24, 2.45) is 11.8 Å². The number of rotatable bonds is 10. The maximum Gasteiger partial charge on any atom is 0.205 e. The number of H-pyrrole nitrogens is 1. The molecule has 6 rings (SSSR count). The number of benzene rings is 2. The minimum Gasteiger partial charge on any atom is -0.342 e. The van der Waals surface area contributed by atoms with E-state index in [1.807, 2.05) is 12.1 Å². The molecule has 198 valence electrons. The van der Waals surface area contributed by atoms with Gasteiger partial charge in [0.15, 0.2) is 5.82 Å². The van der Waals surface area contributed by atoms with Crippen LogP contribution in [-0.4, -0.2) is 54.8 Å². The molecule has 1 fully saturated rings. The van der Waals surface area contributed by atoms with Gasteiger partial charge in [-0.2, -0.15) is 5.21 Å². The molecule has 0 saturated heterocycles. The first-order valence-electron chi connectivity index (χ1n) is 14.1. The van der Waals surface area contributed by atoms with Gasteiger partial charge in [-0.05, 0) is 53.0 Å². The Morgan fingerprint density at radius 3 is 2.50 bits per heavy atom. The second kappa shape index (κ2) is 10.7. The molecular formula is C30H38N8. The molecule has 3 heterocycles. The molecule has 1 aliphatic heterocycles. The molecule has 8 nitrogen and oxygen atoms in total. The van der Waals surface area contributed by atoms with Gasteiger partial charge in [0.05, 0.1) is 12.4 Å². The minimum absolute atomic E-state index is 0.603. The fourth-order valence-corrected chi connectivity index (χ4v) is 5.66. The summed E-state index contributed by atoms with van der Waals surface area (Å²) in [5, 5.41) is 14.7. The molecule has 0 bridgehead atoms. The van der Waals surface area contributed by atoms with Crippen LogP contribution in [0, 0.1) is 11.8 Å². The molecule has 2 aliphatic rings. The Morgan fingerprint density at radius 2 is 1.82 bits per heavy atom. The van der Waals surface area contributed by atoms with Crippen LogP contribution in [0.15, 0.2) is 48.5 Å². The first-order valence-corrected chi connectivity index (χ1v) is 14.1. The van der Waals surface area contributed by atoms with Gasteiger partial charge in [-0.3, -0.25) is 4.90 Å². The molecule has 0 amide bonds. The quantitative estimate of drug-likeness (QED) is 0.309. The van der Waals surface area contributed by atoms with E-state index in [0.717, 1.165) is 61.8 Å². The Labute approximate surface area is 225 Å². The van der Waals surface area contributed by atoms with E-state index in [4.69, 9.17) is 4.98 Å². The van der Waals surface area contributed by atoms with Crippen LogP contribution in [0.2, 0.25) is 0 Å². The zero-order valence-corrected chi connectivity index (χ0v) is 22.8. The third kappa shape index (κ3) is 5.23. The Morgan fingerprint density at radius 1 is 1.03 bits per heavy atom. The first-order chi connectivity index (χ1) is 18.6. The van der Waals surface area contributed by atoms with Crippen molar-refractivity contribution in [3.8, 4) is 22.5 Å². The summed E-state index contributed by atoms with van der Waals surface area (Å²) >= 11 is 0. The molecule has 1 N–H and O–H groups in total. The van der Waals surface area contributed by atoms with Crippen molar-refractivity contribution in [2.75, 3.05) is 24.7 Å². The van der Waals surface area contributed by atoms with Crippen molar-refractivity contribution in [3.05, 3.63) is 65.6 Å². The van der Waals surface area contributed by atoms with Crippen molar-refractivity contribution >= 4 is 5.82 Å². The largest absolute Gasteiger partial charge is 0.342 e. The van der Waals surface area contributed by atoms with Gasteiger partial charge in [-0.15, -0.1) is 10.2 Å². The fraction of sp³-hybridized carbons (Fsp3) is 0.467. The highest BCUT2D eigenvalue weighted by molar-refractivity contribution is 5.80. The lowest BCUT2D eigenvalue weighted by molar-refractivity contribution is 0.231. The Hall–Kier alpha value is -3.52. The van der Waals surface area contributed by atoms with Crippen LogP contribution in [0.3, 0.4) is 0 Å². The van der Waals surface area contributed by atoms with Gasteiger partial charge in [-0.25, -0.2) is 4.98 Å². The lowest BCUT2D eigenvalue weighted by Crippen LogP contribution is -2.45. The van der Waals surface area contributed by atoms with E-state index in [1.165, 1.54) is 42.3 Å². The third-order valence-electron chi connectivity index (χ3n) is 7.57. The zero-order chi connectivity index (χ0) is 26.1. The predicted octanol–water partition coefficient (Wildman–Crippen LogP) is 5.38. The Bertz CT molecular complexity index is 1350. The van der Waals surface area contributed by atoms with Gasteiger partial charge >= 0.3 is 0 Å². The van der Waals surface area contributed by atoms with Gasteiger partial charge in [-0.1, -0.05) is 69.3 Å². The first kappa shape index (κ1) is 24.8. The summed E-state index contributed by atoms with van der Waals surface area (Å²) in [6, 6.07) is 17.1. The second-order valence-corrected chi connectivity index (χ2v) is 11.3. The van der Waals surface area contributed by atoms with Crippen molar-refractivity contribution in [1.29, 1.82) is 0 Å². The molecule has 0 atom stereocenters. The monoisotopic (exact) mass is 510 g/mol. The third-order valence-corrected chi connectivity index (χ3v) is 7.57. The molecule has 0 radical (unpaired) electrons. The van der Waals surface area contributed by atoms with Gasteiger partial charge in [0.1, 0.15) is 5.82 Å². The topological polar surface area (TPSA) is 78.8 Å². The number of nitrogens with one attached hydrogen (secondary N) is 1. The minimum atomic E-state index is 0.603. The molecule has 0 spiro atoms. The molecule has 0 unspecified atom stereocenters. The van der Waals surface area contributed by atoms with E-state index in [1.54, 1.807) is 0 Å². The van der Waals surface area contributed by atoms with Crippen LogP contribution in [0.4, 0.5) is 5.82 Å². The normalized spacial score (nSPS) is 15.8. The summed E-state index contributed by atoms with van der Waals surface area (Å²) < 4.78 is 2.51. The van der Waals surface area contributed by atoms with Crippen LogP contribution in [0.1, 0.15) is 57.1 Å². The maximum absolute atomic E-state index is 5.25. The van der Waals surface area contributed by atoms with E-state index in [2.05, 4.69) is 92.2 Å². The number of aromatic nitrogens is 6. The smallest absolute Gasteiger partial charge is 0.205 e. The number of aromatic amines is 1. The highest BCUT2D eigenvalue weighted by atomic mass is 15.5. The van der Waals surface area contributed by atoms with Crippen LogP contribution in [-0.2, 0) is 19.5 Å². The van der Waals surface area contributed by atoms with Crippen LogP contribution in [0.25, 0.3) is 22.5 Å². The number of nitrogens with zero attached hydrogens (tertiary/aromatic N) is 7. The molecular weight excluding hydrogens is 472 g/mol. The standard InChI is InChI=1S/C30H38N8/c1-4-7-28-31-30-27(19-36(17-22-10-11-22)20-37(30)16-21(2)3)38(28)18-23-12-14-24(15-13-23)25-8-5-6-9-26(25)29-32-34-35-33-29/h5-6,8-9,12-15,21-22H,4,7,10-11,16-20H2,1-3H3,(H,32,33,34,35). The van der Waals surface area contributed by atoms with Gasteiger partial charge < -0.3 is 9.47 Å². The van der Waals surface area contributed by atoms with E-state index >= 15 is 0 Å². The molecule has 2 aromatic heterocycles. The number of aryl methyl sites for hydroxylation is 1. The number of anilines is 1. The van der Waals surface area contributed by atoms with Crippen LogP contribution in [0.5, 0.6) is 0 Å². The molecule has 8 heteroatoms. The van der Waals surface area contributed by atoms with E-state index in [9.17, 15) is 0 Å². The molecule has 38 heavy (non-hydrogen) atoms. The summed E-state index contributed by atoms with van der Waals surface area (Å²) in [4.78, 5) is 10.4. The van der Waals surface area contributed by atoms with Gasteiger partial charge in [0.25, 0.3) is 0 Å². The number of imidazole rings is 1. The molecule has 4 aromatic rings. The number of hydrogen-bond acceptors (Lipinski definition) is 6. The lowest BCUT2D eigenvalue weighted by atomic mass is 9.98. The molecule has 1 saturated carbocycles.